The highest BCUT2D eigenvalue weighted by Crippen LogP contribution is 2.35. The number of piperidine rings is 1. The summed E-state index contributed by atoms with van der Waals surface area (Å²) in [4.78, 5) is 4.85. The molecule has 23 heavy (non-hydrogen) atoms. The van der Waals surface area contributed by atoms with Crippen LogP contribution in [0.4, 0.5) is 10.1 Å². The van der Waals surface area contributed by atoms with Crippen LogP contribution in [0.2, 0.25) is 5.02 Å². The molecule has 3 aliphatic heterocycles. The van der Waals surface area contributed by atoms with Gasteiger partial charge in [-0.15, -0.1) is 0 Å². The zero-order valence-corrected chi connectivity index (χ0v) is 14.2. The molecule has 3 saturated heterocycles. The Kier molecular flexibility index (Phi) is 4.48. The summed E-state index contributed by atoms with van der Waals surface area (Å²) in [5, 5.41) is 4.30. The average molecular weight is 338 g/mol. The number of nitrogens with one attached hydrogen (secondary N) is 1. The molecular weight excluding hydrogens is 313 g/mol. The van der Waals surface area contributed by atoms with E-state index in [4.69, 9.17) is 11.6 Å². The Labute approximate surface area is 142 Å². The molecule has 1 aromatic rings. The van der Waals surface area contributed by atoms with Crippen LogP contribution in [0.5, 0.6) is 0 Å². The first kappa shape index (κ1) is 15.7. The second kappa shape index (κ2) is 6.58. The molecule has 3 aliphatic rings. The van der Waals surface area contributed by atoms with Gasteiger partial charge in [0.25, 0.3) is 0 Å². The zero-order chi connectivity index (χ0) is 15.8. The monoisotopic (exact) mass is 337 g/mol. The Morgan fingerprint density at radius 2 is 1.83 bits per heavy atom. The van der Waals surface area contributed by atoms with Gasteiger partial charge in [0.05, 0.1) is 10.7 Å². The number of rotatable bonds is 3. The van der Waals surface area contributed by atoms with Crippen LogP contribution in [0, 0.1) is 11.8 Å². The Hall–Kier alpha value is -0.840. The lowest BCUT2D eigenvalue weighted by Crippen LogP contribution is -2.35. The zero-order valence-electron chi connectivity index (χ0n) is 13.5. The Balaban J connectivity index is 1.51. The number of likely N-dealkylation sites (tertiary alicyclic amines) is 1. The third-order valence-corrected chi connectivity index (χ3v) is 5.98. The van der Waals surface area contributed by atoms with Crippen molar-refractivity contribution in [2.24, 2.45) is 11.8 Å². The van der Waals surface area contributed by atoms with Crippen molar-refractivity contribution in [2.75, 3.05) is 44.2 Å². The van der Waals surface area contributed by atoms with Gasteiger partial charge >= 0.3 is 0 Å². The number of fused-ring (bicyclic) bond motifs is 1. The Morgan fingerprint density at radius 3 is 2.52 bits per heavy atom. The molecule has 1 N–H and O–H groups in total. The van der Waals surface area contributed by atoms with Gasteiger partial charge in [0.15, 0.2) is 0 Å². The number of hydrogen-bond acceptors (Lipinski definition) is 3. The quantitative estimate of drug-likeness (QED) is 0.915. The number of benzene rings is 1. The molecule has 126 valence electrons. The number of para-hydroxylation sites is 1. The topological polar surface area (TPSA) is 18.5 Å². The van der Waals surface area contributed by atoms with Crippen molar-refractivity contribution < 1.29 is 4.39 Å². The molecule has 3 fully saturated rings. The van der Waals surface area contributed by atoms with Gasteiger partial charge in [-0.25, -0.2) is 4.39 Å². The SMILES string of the molecule is FC1CCN(c2c(Cl)cccc2CN2CC3CNCC3C2)CC1. The smallest absolute Gasteiger partial charge is 0.103 e. The first-order chi connectivity index (χ1) is 11.2. The van der Waals surface area contributed by atoms with E-state index in [9.17, 15) is 4.39 Å². The Bertz CT molecular complexity index is 547. The van der Waals surface area contributed by atoms with E-state index in [1.807, 2.05) is 12.1 Å². The molecule has 1 aromatic carbocycles. The summed E-state index contributed by atoms with van der Waals surface area (Å²) in [7, 11) is 0. The van der Waals surface area contributed by atoms with Crippen LogP contribution < -0.4 is 10.2 Å². The van der Waals surface area contributed by atoms with Gasteiger partial charge in [-0.05, 0) is 49.4 Å². The summed E-state index contributed by atoms with van der Waals surface area (Å²) < 4.78 is 13.5. The lowest BCUT2D eigenvalue weighted by Gasteiger charge is -2.33. The maximum absolute atomic E-state index is 13.5. The van der Waals surface area contributed by atoms with Crippen LogP contribution in [0.1, 0.15) is 18.4 Å². The van der Waals surface area contributed by atoms with Crippen LogP contribution in [-0.4, -0.2) is 50.3 Å². The van der Waals surface area contributed by atoms with Crippen molar-refractivity contribution in [3.63, 3.8) is 0 Å². The number of alkyl halides is 1. The predicted octanol–water partition coefficient (Wildman–Crippen LogP) is 2.93. The standard InChI is InChI=1S/C18H25ClFN3/c19-17-3-1-2-13(18(17)23-6-4-16(20)5-7-23)10-22-11-14-8-21-9-15(14)12-22/h1-3,14-16,21H,4-12H2. The van der Waals surface area contributed by atoms with Crippen molar-refractivity contribution in [1.82, 2.24) is 10.2 Å². The van der Waals surface area contributed by atoms with Crippen LogP contribution in [0.25, 0.3) is 0 Å². The first-order valence-electron chi connectivity index (χ1n) is 8.80. The van der Waals surface area contributed by atoms with Gasteiger partial charge in [-0.1, -0.05) is 23.7 Å². The van der Waals surface area contributed by atoms with E-state index in [1.54, 1.807) is 0 Å². The maximum Gasteiger partial charge on any atom is 0.103 e. The summed E-state index contributed by atoms with van der Waals surface area (Å²) >= 11 is 6.52. The molecule has 0 aromatic heterocycles. The van der Waals surface area contributed by atoms with E-state index in [1.165, 1.54) is 18.7 Å². The van der Waals surface area contributed by atoms with Gasteiger partial charge in [-0.2, -0.15) is 0 Å². The highest BCUT2D eigenvalue weighted by Gasteiger charge is 2.36. The molecule has 0 bridgehead atoms. The number of nitrogens with zero attached hydrogens (tertiary/aromatic N) is 2. The largest absolute Gasteiger partial charge is 0.370 e. The second-order valence-corrected chi connectivity index (χ2v) is 7.69. The van der Waals surface area contributed by atoms with E-state index in [0.29, 0.717) is 12.8 Å². The fourth-order valence-electron chi connectivity index (χ4n) is 4.44. The molecule has 4 rings (SSSR count). The molecule has 2 atom stereocenters. The minimum atomic E-state index is -0.650. The van der Waals surface area contributed by atoms with Crippen LogP contribution >= 0.6 is 11.6 Å². The number of hydrogen-bond donors (Lipinski definition) is 1. The van der Waals surface area contributed by atoms with Gasteiger partial charge in [-0.3, -0.25) is 4.90 Å². The summed E-state index contributed by atoms with van der Waals surface area (Å²) in [5.41, 5.74) is 2.43. The lowest BCUT2D eigenvalue weighted by atomic mass is 10.0. The highest BCUT2D eigenvalue weighted by atomic mass is 35.5. The second-order valence-electron chi connectivity index (χ2n) is 7.28. The van der Waals surface area contributed by atoms with E-state index >= 15 is 0 Å². The van der Waals surface area contributed by atoms with Gasteiger partial charge in [0.1, 0.15) is 6.17 Å². The number of anilines is 1. The molecule has 0 radical (unpaired) electrons. The van der Waals surface area contributed by atoms with Gasteiger partial charge in [0, 0.05) is 32.7 Å². The van der Waals surface area contributed by atoms with Gasteiger partial charge < -0.3 is 10.2 Å². The molecule has 5 heteroatoms. The fourth-order valence-corrected chi connectivity index (χ4v) is 4.75. The van der Waals surface area contributed by atoms with Crippen molar-refractivity contribution >= 4 is 17.3 Å². The molecule has 0 amide bonds. The average Bonchev–Trinajstić information content (AvgIpc) is 3.10. The summed E-state index contributed by atoms with van der Waals surface area (Å²) in [5.74, 6) is 1.61. The minimum Gasteiger partial charge on any atom is -0.370 e. The predicted molar refractivity (Wildman–Crippen MR) is 92.9 cm³/mol. The molecule has 3 heterocycles. The van der Waals surface area contributed by atoms with Crippen LogP contribution in [0.15, 0.2) is 18.2 Å². The van der Waals surface area contributed by atoms with Crippen LogP contribution in [-0.2, 0) is 6.54 Å². The van der Waals surface area contributed by atoms with Gasteiger partial charge in [0.2, 0.25) is 0 Å². The molecule has 2 unspecified atom stereocenters. The summed E-state index contributed by atoms with van der Waals surface area (Å²) in [6, 6.07) is 6.20. The summed E-state index contributed by atoms with van der Waals surface area (Å²) in [6.07, 6.45) is 0.580. The normalized spacial score (nSPS) is 29.2. The third-order valence-electron chi connectivity index (χ3n) is 5.67. The van der Waals surface area contributed by atoms with Crippen molar-refractivity contribution in [1.29, 1.82) is 0 Å². The molecule has 0 saturated carbocycles. The number of halogens is 2. The van der Waals surface area contributed by atoms with Crippen molar-refractivity contribution in [3.8, 4) is 0 Å². The fraction of sp³-hybridized carbons (Fsp3) is 0.667. The van der Waals surface area contributed by atoms with E-state index in [0.717, 1.165) is 55.3 Å². The van der Waals surface area contributed by atoms with Crippen molar-refractivity contribution in [2.45, 2.75) is 25.6 Å². The first-order valence-corrected chi connectivity index (χ1v) is 9.18. The van der Waals surface area contributed by atoms with E-state index < -0.39 is 6.17 Å². The Morgan fingerprint density at radius 1 is 1.13 bits per heavy atom. The molecule has 3 nitrogen and oxygen atoms in total. The highest BCUT2D eigenvalue weighted by molar-refractivity contribution is 6.33. The third kappa shape index (κ3) is 3.21. The molecule has 0 aliphatic carbocycles. The van der Waals surface area contributed by atoms with Crippen molar-refractivity contribution in [3.05, 3.63) is 28.8 Å². The summed E-state index contributed by atoms with van der Waals surface area (Å²) in [6.45, 7) is 7.17. The van der Waals surface area contributed by atoms with Crippen LogP contribution in [0.3, 0.4) is 0 Å². The molecule has 0 spiro atoms. The molecular formula is C18H25ClFN3. The maximum atomic E-state index is 13.5. The minimum absolute atomic E-state index is 0.615. The van der Waals surface area contributed by atoms with E-state index in [2.05, 4.69) is 21.2 Å². The van der Waals surface area contributed by atoms with E-state index in [-0.39, 0.29) is 0 Å². The lowest BCUT2D eigenvalue weighted by molar-refractivity contribution is 0.276.